The lowest BCUT2D eigenvalue weighted by atomic mass is 10.2. The number of nitrogens with zero attached hydrogens (tertiary/aromatic N) is 2. The molecule has 2 aromatic rings. The van der Waals surface area contributed by atoms with Gasteiger partial charge in [-0.2, -0.15) is 5.10 Å². The van der Waals surface area contributed by atoms with Gasteiger partial charge in [0.05, 0.1) is 5.35 Å². The molecule has 98 valence electrons. The second kappa shape index (κ2) is 5.36. The Morgan fingerprint density at radius 2 is 2.05 bits per heavy atom. The Hall–Kier alpha value is -1.94. The molecule has 0 unspecified atom stereocenters. The van der Waals surface area contributed by atoms with Crippen LogP contribution in [-0.4, -0.2) is 9.61 Å². The van der Waals surface area contributed by atoms with Crippen LogP contribution in [0.2, 0.25) is 0 Å². The summed E-state index contributed by atoms with van der Waals surface area (Å²) >= 11 is 1.54. The van der Waals surface area contributed by atoms with Gasteiger partial charge < -0.3 is 0 Å². The van der Waals surface area contributed by atoms with Crippen LogP contribution in [0.1, 0.15) is 17.5 Å². The summed E-state index contributed by atoms with van der Waals surface area (Å²) < 4.78 is 1.84. The van der Waals surface area contributed by atoms with E-state index in [2.05, 4.69) is 11.7 Å². The Kier molecular flexibility index (Phi) is 3.81. The molecular weight excluding hydrogens is 256 g/mol. The van der Waals surface area contributed by atoms with Crippen LogP contribution in [0, 0.1) is 13.8 Å². The fraction of sp³-hybridized carbons (Fsp3) is 0.200. The van der Waals surface area contributed by atoms with Crippen LogP contribution in [0.5, 0.6) is 0 Å². The second-order valence-corrected chi connectivity index (χ2v) is 5.37. The molecule has 2 aromatic heterocycles. The molecule has 0 atom stereocenters. The van der Waals surface area contributed by atoms with Crippen molar-refractivity contribution in [2.45, 2.75) is 20.8 Å². The normalized spacial score (nSPS) is 13.8. The van der Waals surface area contributed by atoms with Gasteiger partial charge in [-0.1, -0.05) is 36.1 Å². The average Bonchev–Trinajstić information content (AvgIpc) is 2.77. The van der Waals surface area contributed by atoms with E-state index in [0.717, 1.165) is 20.8 Å². The molecule has 3 nitrogen and oxygen atoms in total. The van der Waals surface area contributed by atoms with Gasteiger partial charge >= 0.3 is 0 Å². The third-order valence-corrected chi connectivity index (χ3v) is 3.87. The van der Waals surface area contributed by atoms with Gasteiger partial charge in [-0.05, 0) is 32.9 Å². The van der Waals surface area contributed by atoms with Gasteiger partial charge in [0.25, 0.3) is 0 Å². The fourth-order valence-corrected chi connectivity index (χ4v) is 2.82. The van der Waals surface area contributed by atoms with Crippen LogP contribution in [0.25, 0.3) is 17.0 Å². The number of fused-ring (bicyclic) bond motifs is 1. The lowest BCUT2D eigenvalue weighted by Crippen LogP contribution is -2.44. The van der Waals surface area contributed by atoms with E-state index in [4.69, 9.17) is 0 Å². The Morgan fingerprint density at radius 1 is 1.32 bits per heavy atom. The minimum absolute atomic E-state index is 0.0410. The number of aromatic nitrogens is 2. The van der Waals surface area contributed by atoms with Crippen molar-refractivity contribution in [3.63, 3.8) is 0 Å². The molecule has 0 N–H and O–H groups in total. The van der Waals surface area contributed by atoms with Crippen molar-refractivity contribution in [3.05, 3.63) is 56.2 Å². The van der Waals surface area contributed by atoms with E-state index in [0.29, 0.717) is 5.22 Å². The van der Waals surface area contributed by atoms with Gasteiger partial charge in [0.2, 0.25) is 0 Å². The van der Waals surface area contributed by atoms with Crippen LogP contribution < -0.4 is 16.0 Å². The number of aryl methyl sites for hydroxylation is 2. The fourth-order valence-electron chi connectivity index (χ4n) is 1.94. The van der Waals surface area contributed by atoms with E-state index in [1.807, 2.05) is 43.5 Å². The van der Waals surface area contributed by atoms with Crippen molar-refractivity contribution in [3.8, 4) is 0 Å². The zero-order chi connectivity index (χ0) is 14.0. The summed E-state index contributed by atoms with van der Waals surface area (Å²) in [4.78, 5) is 13.3. The molecule has 19 heavy (non-hydrogen) atoms. The highest BCUT2D eigenvalue weighted by Gasteiger charge is 2.09. The maximum absolute atomic E-state index is 12.4. The van der Waals surface area contributed by atoms with Crippen LogP contribution in [0.3, 0.4) is 0 Å². The van der Waals surface area contributed by atoms with Gasteiger partial charge in [-0.15, -0.1) is 0 Å². The van der Waals surface area contributed by atoms with Gasteiger partial charge in [0.1, 0.15) is 9.84 Å². The molecule has 0 aliphatic carbocycles. The third kappa shape index (κ3) is 2.31. The van der Waals surface area contributed by atoms with Crippen molar-refractivity contribution < 1.29 is 0 Å². The molecule has 0 aliphatic heterocycles. The number of hydrogen-bond donors (Lipinski definition) is 0. The predicted molar refractivity (Wildman–Crippen MR) is 82.0 cm³/mol. The first kappa shape index (κ1) is 13.5. The number of rotatable bonds is 2. The van der Waals surface area contributed by atoms with Crippen LogP contribution in [0.15, 0.2) is 29.6 Å². The first-order valence-corrected chi connectivity index (χ1v) is 6.86. The largest absolute Gasteiger partial charge is 0.289 e. The van der Waals surface area contributed by atoms with Crippen LogP contribution in [-0.2, 0) is 0 Å². The van der Waals surface area contributed by atoms with Crippen LogP contribution >= 0.6 is 11.3 Å². The molecule has 0 saturated carbocycles. The van der Waals surface area contributed by atoms with E-state index in [1.54, 1.807) is 12.2 Å². The lowest BCUT2D eigenvalue weighted by molar-refractivity contribution is 0.887. The van der Waals surface area contributed by atoms with Gasteiger partial charge in [0, 0.05) is 10.8 Å². The highest BCUT2D eigenvalue weighted by Crippen LogP contribution is 2.12. The lowest BCUT2D eigenvalue weighted by Gasteiger charge is -1.98. The Labute approximate surface area is 115 Å². The topological polar surface area (TPSA) is 34.4 Å². The first-order chi connectivity index (χ1) is 9.10. The highest BCUT2D eigenvalue weighted by atomic mass is 32.1. The molecule has 4 heteroatoms. The van der Waals surface area contributed by atoms with E-state index in [1.165, 1.54) is 11.3 Å². The average molecular weight is 272 g/mol. The van der Waals surface area contributed by atoms with E-state index in [-0.39, 0.29) is 5.43 Å². The van der Waals surface area contributed by atoms with E-state index >= 15 is 0 Å². The minimum atomic E-state index is 0.0410. The Balaban J connectivity index is 3.17. The van der Waals surface area contributed by atoms with Crippen LogP contribution in [0.4, 0.5) is 0 Å². The van der Waals surface area contributed by atoms with Crippen molar-refractivity contribution in [2.75, 3.05) is 0 Å². The number of pyridine rings is 1. The molecule has 0 bridgehead atoms. The Bertz CT molecular complexity index is 838. The van der Waals surface area contributed by atoms with Gasteiger partial charge in [0.15, 0.2) is 5.43 Å². The summed E-state index contributed by atoms with van der Waals surface area (Å²) in [5, 5.41) is 6.86. The van der Waals surface area contributed by atoms with E-state index in [9.17, 15) is 4.79 Å². The van der Waals surface area contributed by atoms with E-state index < -0.39 is 0 Å². The van der Waals surface area contributed by atoms with Crippen molar-refractivity contribution >= 4 is 28.3 Å². The standard InChI is InChI=1S/C15H16N2OS/c1-5-7-9-13-12(8-6-2)14(18)10(3)15-17(13)16-11(4)19-15/h5-9H,2H2,1,3-4H3/b7-5-,12-8+,13-9+. The smallest absolute Gasteiger partial charge is 0.193 e. The maximum Gasteiger partial charge on any atom is 0.193 e. The zero-order valence-corrected chi connectivity index (χ0v) is 12.1. The SMILES string of the molecule is C=C/C=c1/c(=O)c(C)c2sc(C)nn2/c1=C/C=C\C. The predicted octanol–water partition coefficient (Wildman–Crippen LogP) is 1.70. The van der Waals surface area contributed by atoms with Crippen molar-refractivity contribution in [1.29, 1.82) is 0 Å². The summed E-state index contributed by atoms with van der Waals surface area (Å²) in [5.41, 5.74) is 0.774. The molecule has 0 radical (unpaired) electrons. The molecule has 0 saturated heterocycles. The summed E-state index contributed by atoms with van der Waals surface area (Å²) in [6.45, 7) is 9.40. The molecule has 0 aromatic carbocycles. The molecule has 0 fully saturated rings. The molecular formula is C15H16N2OS. The van der Waals surface area contributed by atoms with Crippen molar-refractivity contribution in [1.82, 2.24) is 9.61 Å². The third-order valence-electron chi connectivity index (χ3n) is 2.82. The molecule has 2 rings (SSSR count). The molecule has 0 aliphatic rings. The zero-order valence-electron chi connectivity index (χ0n) is 11.3. The molecule has 0 amide bonds. The summed E-state index contributed by atoms with van der Waals surface area (Å²) in [6, 6.07) is 0. The summed E-state index contributed by atoms with van der Waals surface area (Å²) in [7, 11) is 0. The molecule has 2 heterocycles. The molecule has 0 spiro atoms. The number of allylic oxidation sites excluding steroid dienone is 3. The summed E-state index contributed by atoms with van der Waals surface area (Å²) in [6.07, 6.45) is 9.11. The van der Waals surface area contributed by atoms with Gasteiger partial charge in [-0.3, -0.25) is 4.79 Å². The maximum atomic E-state index is 12.4. The highest BCUT2D eigenvalue weighted by molar-refractivity contribution is 7.17. The second-order valence-electron chi connectivity index (χ2n) is 4.19. The first-order valence-electron chi connectivity index (χ1n) is 6.05. The van der Waals surface area contributed by atoms with Gasteiger partial charge in [-0.25, -0.2) is 4.52 Å². The van der Waals surface area contributed by atoms with Crippen molar-refractivity contribution in [2.24, 2.45) is 0 Å². The number of hydrogen-bond acceptors (Lipinski definition) is 3. The minimum Gasteiger partial charge on any atom is -0.289 e. The Morgan fingerprint density at radius 3 is 2.68 bits per heavy atom. The summed E-state index contributed by atoms with van der Waals surface area (Å²) in [5.74, 6) is 0. The monoisotopic (exact) mass is 272 g/mol. The quantitative estimate of drug-likeness (QED) is 0.834.